The highest BCUT2D eigenvalue weighted by Gasteiger charge is 2.45. The van der Waals surface area contributed by atoms with Gasteiger partial charge in [0.1, 0.15) is 23.0 Å². The molecule has 3 heterocycles. The molecule has 79 heavy (non-hydrogen) atoms. The number of anilines is 1. The van der Waals surface area contributed by atoms with Crippen LogP contribution < -0.4 is 14.4 Å². The van der Waals surface area contributed by atoms with Crippen LogP contribution in [0.5, 0.6) is 23.0 Å². The van der Waals surface area contributed by atoms with Crippen molar-refractivity contribution in [1.82, 2.24) is 9.80 Å². The fraction of sp³-hybridized carbons (Fsp3) is 0.0882. The first-order chi connectivity index (χ1) is 38.2. The Morgan fingerprint density at radius 3 is 1.62 bits per heavy atom. The van der Waals surface area contributed by atoms with Crippen molar-refractivity contribution in [2.45, 2.75) is 39.3 Å². The average Bonchev–Trinajstić information content (AvgIpc) is 4.08. The van der Waals surface area contributed by atoms with Crippen molar-refractivity contribution >= 4 is 41.1 Å². The fourth-order valence-electron chi connectivity index (χ4n) is 10.5. The molecule has 0 bridgehead atoms. The number of amides is 6. The Morgan fingerprint density at radius 1 is 0.405 bits per heavy atom. The van der Waals surface area contributed by atoms with Gasteiger partial charge in [0.15, 0.2) is 0 Å². The minimum atomic E-state index is -1.02. The molecule has 382 valence electrons. The summed E-state index contributed by atoms with van der Waals surface area (Å²) in [6.45, 7) is 7.46. The fourth-order valence-corrected chi connectivity index (χ4v) is 10.5. The maximum Gasteiger partial charge on any atom is 0.266 e. The normalized spacial score (nSPS) is 14.0. The molecule has 0 aromatic heterocycles. The number of imide groups is 3. The number of hydrogen-bond acceptors (Lipinski definition) is 8. The smallest absolute Gasteiger partial charge is 0.266 e. The van der Waals surface area contributed by atoms with E-state index >= 15 is 0 Å². The summed E-state index contributed by atoms with van der Waals surface area (Å²) >= 11 is 0. The van der Waals surface area contributed by atoms with Gasteiger partial charge in [-0.05, 0) is 182 Å². The average molecular weight is 1030 g/mol. The third kappa shape index (κ3) is 9.01. The van der Waals surface area contributed by atoms with Crippen molar-refractivity contribution in [2.75, 3.05) is 4.90 Å². The Hall–Kier alpha value is -10.4. The Kier molecular flexibility index (Phi) is 12.3. The summed E-state index contributed by atoms with van der Waals surface area (Å²) in [5.41, 5.74) is 8.21. The standard InChI is InChI=1S/C68H47N3O8/c1-41-12-8-21-53(34-41)78-52-27-25-50(26-28-52)68(3,4)71-66(76)58-33-30-55(40-61(58)67(71)77)79-54-29-32-57-60(39-54)65(75)70(63(57)73)51-20-11-19-49(38-51)48-18-10-17-47(37-48)46-16-9-15-45(36-46)42(2)69-62(72)56-31-24-44(35-59(56)64(69)74)23-22-43-13-6-5-7-14-43/h5-21,24-40,42H,1-4H3. The number of aryl methyl sites for hydroxylation is 1. The van der Waals surface area contributed by atoms with E-state index in [0.717, 1.165) is 49.4 Å². The topological polar surface area (TPSA) is 131 Å². The molecule has 0 spiro atoms. The quantitative estimate of drug-likeness (QED) is 0.0924. The van der Waals surface area contributed by atoms with Gasteiger partial charge in [0.2, 0.25) is 0 Å². The van der Waals surface area contributed by atoms with E-state index in [4.69, 9.17) is 9.47 Å². The molecule has 6 amide bonds. The Morgan fingerprint density at radius 2 is 0.911 bits per heavy atom. The van der Waals surface area contributed by atoms with Crippen LogP contribution in [0.3, 0.4) is 0 Å². The van der Waals surface area contributed by atoms with E-state index in [9.17, 15) is 28.8 Å². The van der Waals surface area contributed by atoms with Gasteiger partial charge in [0.25, 0.3) is 35.4 Å². The highest BCUT2D eigenvalue weighted by atomic mass is 16.5. The van der Waals surface area contributed by atoms with Crippen LogP contribution in [0.4, 0.5) is 5.69 Å². The molecule has 9 aromatic carbocycles. The summed E-state index contributed by atoms with van der Waals surface area (Å²) in [5.74, 6) is 5.41. The maximum atomic E-state index is 14.2. The van der Waals surface area contributed by atoms with Gasteiger partial charge in [-0.3, -0.25) is 38.6 Å². The van der Waals surface area contributed by atoms with Gasteiger partial charge in [-0.1, -0.05) is 103 Å². The summed E-state index contributed by atoms with van der Waals surface area (Å²) in [4.78, 5) is 87.4. The number of ether oxygens (including phenoxy) is 2. The van der Waals surface area contributed by atoms with Crippen LogP contribution in [0.1, 0.15) is 117 Å². The van der Waals surface area contributed by atoms with Gasteiger partial charge in [-0.2, -0.15) is 0 Å². The second kappa shape index (κ2) is 19.6. The number of rotatable bonds is 11. The van der Waals surface area contributed by atoms with E-state index < -0.39 is 35.2 Å². The first-order valence-electron chi connectivity index (χ1n) is 25.7. The molecular weight excluding hydrogens is 987 g/mol. The van der Waals surface area contributed by atoms with E-state index in [1.54, 1.807) is 60.7 Å². The van der Waals surface area contributed by atoms with Crippen LogP contribution in [0.25, 0.3) is 22.3 Å². The highest BCUT2D eigenvalue weighted by Crippen LogP contribution is 2.41. The molecule has 12 rings (SSSR count). The minimum absolute atomic E-state index is 0.152. The third-order valence-electron chi connectivity index (χ3n) is 14.7. The van der Waals surface area contributed by atoms with Crippen LogP contribution >= 0.6 is 0 Å². The lowest BCUT2D eigenvalue weighted by molar-refractivity contribution is 0.0472. The molecule has 0 aliphatic carbocycles. The van der Waals surface area contributed by atoms with E-state index in [-0.39, 0.29) is 45.6 Å². The van der Waals surface area contributed by atoms with Crippen LogP contribution in [0.15, 0.2) is 206 Å². The number of hydrogen-bond donors (Lipinski definition) is 0. The molecule has 11 heteroatoms. The molecule has 0 saturated carbocycles. The van der Waals surface area contributed by atoms with Gasteiger partial charge >= 0.3 is 0 Å². The van der Waals surface area contributed by atoms with Gasteiger partial charge in [-0.25, -0.2) is 4.90 Å². The van der Waals surface area contributed by atoms with Crippen molar-refractivity contribution in [2.24, 2.45) is 0 Å². The molecule has 0 N–H and O–H groups in total. The van der Waals surface area contributed by atoms with Crippen LogP contribution in [0.2, 0.25) is 0 Å². The van der Waals surface area contributed by atoms with Gasteiger partial charge in [0.05, 0.1) is 50.6 Å². The molecule has 0 fully saturated rings. The number of fused-ring (bicyclic) bond motifs is 3. The maximum absolute atomic E-state index is 14.2. The largest absolute Gasteiger partial charge is 0.457 e. The molecule has 1 unspecified atom stereocenters. The zero-order valence-corrected chi connectivity index (χ0v) is 43.3. The molecule has 1 atom stereocenters. The molecular formula is C68H47N3O8. The molecule has 3 aliphatic rings. The van der Waals surface area contributed by atoms with Crippen LogP contribution in [0, 0.1) is 18.8 Å². The van der Waals surface area contributed by atoms with Gasteiger partial charge in [0, 0.05) is 11.1 Å². The first-order valence-corrected chi connectivity index (χ1v) is 25.7. The zero-order valence-electron chi connectivity index (χ0n) is 43.3. The second-order valence-electron chi connectivity index (χ2n) is 20.2. The van der Waals surface area contributed by atoms with E-state index in [0.29, 0.717) is 33.9 Å². The number of carbonyl (C=O) groups is 6. The van der Waals surface area contributed by atoms with Gasteiger partial charge < -0.3 is 9.47 Å². The summed E-state index contributed by atoms with van der Waals surface area (Å²) in [6, 6.07) is 61.2. The number of benzene rings is 9. The minimum Gasteiger partial charge on any atom is -0.457 e. The van der Waals surface area contributed by atoms with E-state index in [2.05, 4.69) is 11.8 Å². The lowest BCUT2D eigenvalue weighted by atomic mass is 9.92. The second-order valence-corrected chi connectivity index (χ2v) is 20.2. The Bertz CT molecular complexity index is 4130. The van der Waals surface area contributed by atoms with Crippen molar-refractivity contribution in [3.8, 4) is 57.1 Å². The Labute approximate surface area is 455 Å². The number of nitrogens with zero attached hydrogens (tertiary/aromatic N) is 3. The van der Waals surface area contributed by atoms with E-state index in [1.165, 1.54) is 21.9 Å². The molecule has 0 radical (unpaired) electrons. The summed E-state index contributed by atoms with van der Waals surface area (Å²) in [5, 5.41) is 0. The lowest BCUT2D eigenvalue weighted by Crippen LogP contribution is -2.45. The predicted molar refractivity (Wildman–Crippen MR) is 300 cm³/mol. The third-order valence-corrected chi connectivity index (χ3v) is 14.7. The predicted octanol–water partition coefficient (Wildman–Crippen LogP) is 14.0. The summed E-state index contributed by atoms with van der Waals surface area (Å²) in [7, 11) is 0. The van der Waals surface area contributed by atoms with Crippen molar-refractivity contribution in [3.63, 3.8) is 0 Å². The van der Waals surface area contributed by atoms with E-state index in [1.807, 2.05) is 161 Å². The Balaban J connectivity index is 0.727. The summed E-state index contributed by atoms with van der Waals surface area (Å²) in [6.07, 6.45) is 0. The highest BCUT2D eigenvalue weighted by molar-refractivity contribution is 6.34. The first kappa shape index (κ1) is 49.4. The van der Waals surface area contributed by atoms with Gasteiger partial charge in [-0.15, -0.1) is 0 Å². The van der Waals surface area contributed by atoms with Crippen LogP contribution in [-0.4, -0.2) is 45.2 Å². The lowest BCUT2D eigenvalue weighted by Gasteiger charge is -2.34. The SMILES string of the molecule is Cc1cccc(Oc2ccc(C(C)(C)N3C(=O)c4ccc(Oc5ccc6c(c5)C(=O)N(c5cccc(-c7cccc(-c8cccc(C(C)N9C(=O)c%10ccc(C#Cc%11ccccc%11)cc%10C9=O)c8)c7)c5)C6=O)cc4C3=O)cc2)c1. The molecule has 3 aliphatic heterocycles. The molecule has 9 aromatic rings. The zero-order chi connectivity index (χ0) is 54.7. The monoisotopic (exact) mass is 1030 g/mol. The molecule has 11 nitrogen and oxygen atoms in total. The number of carbonyl (C=O) groups excluding carboxylic acids is 6. The van der Waals surface area contributed by atoms with Crippen LogP contribution in [-0.2, 0) is 5.54 Å². The summed E-state index contributed by atoms with van der Waals surface area (Å²) < 4.78 is 12.2. The molecule has 0 saturated heterocycles. The van der Waals surface area contributed by atoms with Crippen molar-refractivity contribution in [1.29, 1.82) is 0 Å². The van der Waals surface area contributed by atoms with Crippen molar-refractivity contribution in [3.05, 3.63) is 267 Å². The van der Waals surface area contributed by atoms with Crippen molar-refractivity contribution < 1.29 is 38.2 Å².